The van der Waals surface area contributed by atoms with E-state index in [-0.39, 0.29) is 23.6 Å². The van der Waals surface area contributed by atoms with Crippen molar-refractivity contribution in [1.82, 2.24) is 0 Å². The Morgan fingerprint density at radius 3 is 2.82 bits per heavy atom. The Kier molecular flexibility index (Phi) is 1.64. The van der Waals surface area contributed by atoms with Gasteiger partial charge >= 0.3 is 5.97 Å². The fourth-order valence-electron chi connectivity index (χ4n) is 4.29. The van der Waals surface area contributed by atoms with Gasteiger partial charge < -0.3 is 4.74 Å². The summed E-state index contributed by atoms with van der Waals surface area (Å²) in [6, 6.07) is 0. The van der Waals surface area contributed by atoms with E-state index in [0.717, 1.165) is 12.8 Å². The van der Waals surface area contributed by atoms with E-state index in [4.69, 9.17) is 4.74 Å². The van der Waals surface area contributed by atoms with Crippen LogP contribution in [0.2, 0.25) is 0 Å². The van der Waals surface area contributed by atoms with Crippen molar-refractivity contribution in [1.29, 1.82) is 0 Å². The summed E-state index contributed by atoms with van der Waals surface area (Å²) >= 11 is 0. The first-order valence-electron chi connectivity index (χ1n) is 6.33. The largest absolute Gasteiger partial charge is 0.454 e. The molecule has 88 valence electrons. The van der Waals surface area contributed by atoms with Gasteiger partial charge in [0.2, 0.25) is 0 Å². The maximum absolute atomic E-state index is 12.0. The lowest BCUT2D eigenvalue weighted by Crippen LogP contribution is -2.47. The minimum absolute atomic E-state index is 0.0564. The first kappa shape index (κ1) is 9.63. The molecule has 2 fully saturated rings. The monoisotopic (exact) mass is 230 g/mol. The molecular formula is C14H14O3. The second-order valence-electron chi connectivity index (χ2n) is 5.66. The third-order valence-electron chi connectivity index (χ3n) is 4.91. The first-order chi connectivity index (χ1) is 8.20. The van der Waals surface area contributed by atoms with Crippen molar-refractivity contribution in [2.24, 2.45) is 23.7 Å². The summed E-state index contributed by atoms with van der Waals surface area (Å²) in [7, 11) is 0. The van der Waals surface area contributed by atoms with Gasteiger partial charge in [-0.05, 0) is 30.4 Å². The highest BCUT2D eigenvalue weighted by Gasteiger charge is 2.60. The topological polar surface area (TPSA) is 43.4 Å². The van der Waals surface area contributed by atoms with Crippen LogP contribution in [0.5, 0.6) is 0 Å². The summed E-state index contributed by atoms with van der Waals surface area (Å²) in [6.07, 6.45) is 10.2. The molecule has 3 nitrogen and oxygen atoms in total. The number of rotatable bonds is 0. The average molecular weight is 230 g/mol. The van der Waals surface area contributed by atoms with E-state index in [2.05, 4.69) is 12.2 Å². The van der Waals surface area contributed by atoms with Gasteiger partial charge in [0, 0.05) is 24.7 Å². The van der Waals surface area contributed by atoms with Gasteiger partial charge in [-0.2, -0.15) is 0 Å². The number of allylic oxidation sites excluding steroid dienone is 3. The van der Waals surface area contributed by atoms with Crippen molar-refractivity contribution < 1.29 is 14.3 Å². The highest BCUT2D eigenvalue weighted by Crippen LogP contribution is 2.57. The molecule has 0 aromatic heterocycles. The van der Waals surface area contributed by atoms with Gasteiger partial charge in [-0.3, -0.25) is 9.59 Å². The predicted molar refractivity (Wildman–Crippen MR) is 59.9 cm³/mol. The molecule has 1 saturated heterocycles. The van der Waals surface area contributed by atoms with Crippen LogP contribution < -0.4 is 0 Å². The van der Waals surface area contributed by atoms with Gasteiger partial charge in [-0.1, -0.05) is 12.2 Å². The molecule has 1 spiro atoms. The molecule has 0 amide bonds. The molecule has 3 heteroatoms. The van der Waals surface area contributed by atoms with Crippen LogP contribution in [0.1, 0.15) is 19.3 Å². The zero-order valence-corrected chi connectivity index (χ0v) is 9.46. The zero-order valence-electron chi connectivity index (χ0n) is 9.46. The Hall–Kier alpha value is -1.38. The summed E-state index contributed by atoms with van der Waals surface area (Å²) in [5.74, 6) is 1.15. The smallest absolute Gasteiger partial charge is 0.306 e. The summed E-state index contributed by atoms with van der Waals surface area (Å²) < 4.78 is 5.59. The number of ketones is 1. The average Bonchev–Trinajstić information content (AvgIpc) is 2.99. The Morgan fingerprint density at radius 2 is 2.06 bits per heavy atom. The number of fused-ring (bicyclic) bond motifs is 6. The minimum Gasteiger partial charge on any atom is -0.454 e. The fraction of sp³-hybridized carbons (Fsp3) is 0.571. The number of hydrogen-bond acceptors (Lipinski definition) is 3. The van der Waals surface area contributed by atoms with E-state index >= 15 is 0 Å². The van der Waals surface area contributed by atoms with E-state index in [1.54, 1.807) is 6.08 Å². The minimum atomic E-state index is -0.472. The number of hydrogen-bond donors (Lipinski definition) is 0. The van der Waals surface area contributed by atoms with E-state index in [9.17, 15) is 9.59 Å². The second kappa shape index (κ2) is 2.89. The highest BCUT2D eigenvalue weighted by atomic mass is 16.6. The highest BCUT2D eigenvalue weighted by molar-refractivity contribution is 5.94. The van der Waals surface area contributed by atoms with Crippen molar-refractivity contribution in [2.45, 2.75) is 24.9 Å². The Morgan fingerprint density at radius 1 is 1.24 bits per heavy atom. The lowest BCUT2D eigenvalue weighted by atomic mass is 9.66. The van der Waals surface area contributed by atoms with E-state index in [0.29, 0.717) is 18.3 Å². The third kappa shape index (κ3) is 1.07. The van der Waals surface area contributed by atoms with Gasteiger partial charge in [0.05, 0.1) is 0 Å². The predicted octanol–water partition coefficient (Wildman–Crippen LogP) is 1.64. The van der Waals surface area contributed by atoms with Crippen molar-refractivity contribution in [3.05, 3.63) is 24.3 Å². The maximum atomic E-state index is 12.0. The fourth-order valence-corrected chi connectivity index (χ4v) is 4.29. The van der Waals surface area contributed by atoms with Crippen LogP contribution in [-0.4, -0.2) is 17.4 Å². The molecule has 1 heterocycles. The molecule has 17 heavy (non-hydrogen) atoms. The first-order valence-corrected chi connectivity index (χ1v) is 6.33. The lowest BCUT2D eigenvalue weighted by Gasteiger charge is -2.41. The molecule has 4 rings (SSSR count). The lowest BCUT2D eigenvalue weighted by molar-refractivity contribution is -0.153. The quantitative estimate of drug-likeness (QED) is 0.469. The van der Waals surface area contributed by atoms with Crippen molar-refractivity contribution in [2.75, 3.05) is 0 Å². The van der Waals surface area contributed by atoms with Crippen LogP contribution in [0.25, 0.3) is 0 Å². The summed E-state index contributed by atoms with van der Waals surface area (Å²) in [4.78, 5) is 23.5. The van der Waals surface area contributed by atoms with E-state index in [1.807, 2.05) is 6.08 Å². The molecule has 0 aromatic carbocycles. The molecule has 0 aromatic rings. The van der Waals surface area contributed by atoms with Crippen LogP contribution in [-0.2, 0) is 14.3 Å². The summed E-state index contributed by atoms with van der Waals surface area (Å²) in [6.45, 7) is 0. The molecule has 0 radical (unpaired) electrons. The van der Waals surface area contributed by atoms with Gasteiger partial charge in [-0.25, -0.2) is 0 Å². The molecule has 1 saturated carbocycles. The number of ether oxygens (including phenoxy) is 1. The normalized spacial score (nSPS) is 50.1. The Labute approximate surface area is 99.5 Å². The summed E-state index contributed by atoms with van der Waals surface area (Å²) in [5.41, 5.74) is -0.472. The van der Waals surface area contributed by atoms with E-state index in [1.165, 1.54) is 0 Å². The van der Waals surface area contributed by atoms with E-state index < -0.39 is 5.60 Å². The van der Waals surface area contributed by atoms with Gasteiger partial charge in [-0.15, -0.1) is 0 Å². The van der Waals surface area contributed by atoms with Crippen LogP contribution in [0.15, 0.2) is 24.3 Å². The summed E-state index contributed by atoms with van der Waals surface area (Å²) in [5, 5.41) is 0. The van der Waals surface area contributed by atoms with Crippen molar-refractivity contribution in [3.8, 4) is 0 Å². The van der Waals surface area contributed by atoms with Crippen molar-refractivity contribution >= 4 is 11.8 Å². The maximum Gasteiger partial charge on any atom is 0.306 e. The van der Waals surface area contributed by atoms with Crippen molar-refractivity contribution in [3.63, 3.8) is 0 Å². The SMILES string of the molecule is O=C1CC[C@]2(C=CC(=O)[C@H]3[C@@H]2[C@H]2C=C[C@@H]3C2)O1. The number of carbonyl (C=O) groups excluding carboxylic acids is 2. The van der Waals surface area contributed by atoms with Gasteiger partial charge in [0.15, 0.2) is 5.78 Å². The Balaban J connectivity index is 1.82. The van der Waals surface area contributed by atoms with Crippen LogP contribution in [0.3, 0.4) is 0 Å². The molecule has 1 aliphatic heterocycles. The number of esters is 1. The molecule has 3 aliphatic carbocycles. The molecular weight excluding hydrogens is 216 g/mol. The standard InChI is InChI=1S/C14H14O3/c15-10-3-5-14(6-4-11(16)17-14)13-9-2-1-8(7-9)12(10)13/h1-3,5,8-9,12-13H,4,6-7H2/t8-,9+,12+,13+,14+/m1/s1. The van der Waals surface area contributed by atoms with Crippen LogP contribution in [0.4, 0.5) is 0 Å². The molecule has 0 N–H and O–H groups in total. The third-order valence-corrected chi connectivity index (χ3v) is 4.91. The second-order valence-corrected chi connectivity index (χ2v) is 5.66. The van der Waals surface area contributed by atoms with Crippen LogP contribution in [0, 0.1) is 23.7 Å². The molecule has 0 unspecified atom stereocenters. The molecule has 5 atom stereocenters. The zero-order chi connectivity index (χ0) is 11.6. The number of carbonyl (C=O) groups is 2. The van der Waals surface area contributed by atoms with Crippen LogP contribution >= 0.6 is 0 Å². The molecule has 2 bridgehead atoms. The van der Waals surface area contributed by atoms with Gasteiger partial charge in [0.25, 0.3) is 0 Å². The van der Waals surface area contributed by atoms with Gasteiger partial charge in [0.1, 0.15) is 5.60 Å². The molecule has 4 aliphatic rings. The Bertz CT molecular complexity index is 476.